The third-order valence-electron chi connectivity index (χ3n) is 5.25. The molecule has 1 aliphatic heterocycles. The molecule has 1 N–H and O–H groups in total. The molecule has 0 saturated carbocycles. The number of amides is 1. The molecule has 1 amide bonds. The van der Waals surface area contributed by atoms with Crippen molar-refractivity contribution in [2.75, 3.05) is 11.5 Å². The van der Waals surface area contributed by atoms with E-state index in [4.69, 9.17) is 4.74 Å². The number of anilines is 1. The van der Waals surface area contributed by atoms with Crippen molar-refractivity contribution in [3.63, 3.8) is 0 Å². The molecular weight excluding hydrogens is 450 g/mol. The molecule has 1 unspecified atom stereocenters. The van der Waals surface area contributed by atoms with Crippen LogP contribution in [0, 0.1) is 25.5 Å². The number of hydrogen-bond donors (Lipinski definition) is 1. The standard InChI is InChI=1S/C24H20F2N2O4S/c1-4-32-16-8-5-14(6-9-16)20-19(21(29)23-12(2)27-13(3)33-23)22(30)24(31)28(20)15-7-10-17(25)18(26)11-15/h5-11,20,30H,4H2,1-3H3. The number of nitrogens with zero attached hydrogens (tertiary/aromatic N) is 2. The second-order valence-corrected chi connectivity index (χ2v) is 8.62. The van der Waals surface area contributed by atoms with Gasteiger partial charge in [-0.05, 0) is 50.6 Å². The largest absolute Gasteiger partial charge is 0.503 e. The summed E-state index contributed by atoms with van der Waals surface area (Å²) in [5, 5.41) is 11.4. The van der Waals surface area contributed by atoms with Gasteiger partial charge in [0.25, 0.3) is 5.91 Å². The summed E-state index contributed by atoms with van der Waals surface area (Å²) < 4.78 is 33.0. The van der Waals surface area contributed by atoms with E-state index >= 15 is 0 Å². The summed E-state index contributed by atoms with van der Waals surface area (Å²) in [6.07, 6.45) is 0. The van der Waals surface area contributed by atoms with Gasteiger partial charge in [0.05, 0.1) is 33.8 Å². The van der Waals surface area contributed by atoms with Gasteiger partial charge in [-0.2, -0.15) is 0 Å². The Morgan fingerprint density at radius 2 is 1.85 bits per heavy atom. The molecule has 4 rings (SSSR count). The number of rotatable bonds is 6. The molecule has 6 nitrogen and oxygen atoms in total. The van der Waals surface area contributed by atoms with Crippen molar-refractivity contribution in [2.24, 2.45) is 0 Å². The van der Waals surface area contributed by atoms with Gasteiger partial charge in [0.1, 0.15) is 5.75 Å². The van der Waals surface area contributed by atoms with Crippen LogP contribution >= 0.6 is 11.3 Å². The van der Waals surface area contributed by atoms with Crippen LogP contribution in [0.4, 0.5) is 14.5 Å². The van der Waals surface area contributed by atoms with E-state index in [0.717, 1.165) is 28.4 Å². The minimum atomic E-state index is -1.15. The number of Topliss-reactive ketones (excluding diaryl/α,β-unsaturated/α-hetero) is 1. The number of ketones is 1. The molecule has 9 heteroatoms. The third kappa shape index (κ3) is 4.00. The van der Waals surface area contributed by atoms with Crippen molar-refractivity contribution >= 4 is 28.7 Å². The first-order valence-corrected chi connectivity index (χ1v) is 11.0. The van der Waals surface area contributed by atoms with Gasteiger partial charge >= 0.3 is 0 Å². The zero-order chi connectivity index (χ0) is 23.9. The molecule has 2 heterocycles. The Balaban J connectivity index is 1.87. The van der Waals surface area contributed by atoms with E-state index in [1.807, 2.05) is 6.92 Å². The fraction of sp³-hybridized carbons (Fsp3) is 0.208. The maximum atomic E-state index is 14.0. The molecule has 0 radical (unpaired) electrons. The topological polar surface area (TPSA) is 79.7 Å². The summed E-state index contributed by atoms with van der Waals surface area (Å²) in [5.41, 5.74) is 0.819. The number of carbonyl (C=O) groups excluding carboxylic acids is 2. The van der Waals surface area contributed by atoms with Crippen molar-refractivity contribution in [3.8, 4) is 5.75 Å². The fourth-order valence-corrected chi connectivity index (χ4v) is 4.71. The summed E-state index contributed by atoms with van der Waals surface area (Å²) in [6, 6.07) is 8.57. The molecule has 0 bridgehead atoms. The number of carbonyl (C=O) groups is 2. The first-order chi connectivity index (χ1) is 15.7. The lowest BCUT2D eigenvalue weighted by Crippen LogP contribution is -2.31. The molecule has 0 spiro atoms. The highest BCUT2D eigenvalue weighted by Gasteiger charge is 2.45. The predicted molar refractivity (Wildman–Crippen MR) is 120 cm³/mol. The summed E-state index contributed by atoms with van der Waals surface area (Å²) in [4.78, 5) is 32.3. The highest BCUT2D eigenvalue weighted by molar-refractivity contribution is 7.14. The first-order valence-electron chi connectivity index (χ1n) is 10.2. The summed E-state index contributed by atoms with van der Waals surface area (Å²) in [7, 11) is 0. The van der Waals surface area contributed by atoms with Crippen LogP contribution in [0.3, 0.4) is 0 Å². The van der Waals surface area contributed by atoms with Crippen molar-refractivity contribution < 1.29 is 28.2 Å². The summed E-state index contributed by atoms with van der Waals surface area (Å²) in [6.45, 7) is 5.71. The van der Waals surface area contributed by atoms with Crippen LogP contribution in [0.5, 0.6) is 5.75 Å². The zero-order valence-electron chi connectivity index (χ0n) is 18.1. The van der Waals surface area contributed by atoms with E-state index in [2.05, 4.69) is 4.98 Å². The lowest BCUT2D eigenvalue weighted by Gasteiger charge is -2.27. The number of aryl methyl sites for hydroxylation is 2. The molecule has 0 fully saturated rings. The number of hydrogen-bond acceptors (Lipinski definition) is 6. The number of thiazole rings is 1. The Hall–Kier alpha value is -3.59. The average Bonchev–Trinajstić information content (AvgIpc) is 3.26. The number of aliphatic hydroxyl groups excluding tert-OH is 1. The number of aliphatic hydroxyl groups is 1. The Kier molecular flexibility index (Phi) is 5.99. The number of benzene rings is 2. The average molecular weight is 470 g/mol. The van der Waals surface area contributed by atoms with Gasteiger partial charge in [-0.25, -0.2) is 13.8 Å². The second kappa shape index (κ2) is 8.74. The minimum absolute atomic E-state index is 0.00402. The lowest BCUT2D eigenvalue weighted by molar-refractivity contribution is -0.117. The molecule has 33 heavy (non-hydrogen) atoms. The maximum absolute atomic E-state index is 14.0. The first kappa shape index (κ1) is 22.6. The highest BCUT2D eigenvalue weighted by atomic mass is 32.1. The van der Waals surface area contributed by atoms with Crippen LogP contribution in [0.25, 0.3) is 0 Å². The SMILES string of the molecule is CCOc1ccc(C2C(C(=O)c3sc(C)nc3C)=C(O)C(=O)N2c2ccc(F)c(F)c2)cc1. The van der Waals surface area contributed by atoms with Gasteiger partial charge < -0.3 is 9.84 Å². The quantitative estimate of drug-likeness (QED) is 0.500. The van der Waals surface area contributed by atoms with E-state index in [9.17, 15) is 23.5 Å². The van der Waals surface area contributed by atoms with Gasteiger partial charge in [0.2, 0.25) is 5.78 Å². The predicted octanol–water partition coefficient (Wildman–Crippen LogP) is 5.22. The van der Waals surface area contributed by atoms with Crippen molar-refractivity contribution in [2.45, 2.75) is 26.8 Å². The van der Waals surface area contributed by atoms with Crippen molar-refractivity contribution in [3.05, 3.63) is 86.6 Å². The van der Waals surface area contributed by atoms with Gasteiger partial charge in [0.15, 0.2) is 17.4 Å². The molecular formula is C24H20F2N2O4S. The van der Waals surface area contributed by atoms with Crippen molar-refractivity contribution in [1.29, 1.82) is 0 Å². The normalized spacial score (nSPS) is 16.0. The minimum Gasteiger partial charge on any atom is -0.503 e. The van der Waals surface area contributed by atoms with Crippen molar-refractivity contribution in [1.82, 2.24) is 4.98 Å². The lowest BCUT2D eigenvalue weighted by atomic mass is 9.94. The van der Waals surface area contributed by atoms with Crippen LogP contribution in [-0.4, -0.2) is 28.4 Å². The van der Waals surface area contributed by atoms with E-state index < -0.39 is 35.1 Å². The molecule has 0 saturated heterocycles. The molecule has 170 valence electrons. The Bertz CT molecular complexity index is 1280. The third-order valence-corrected chi connectivity index (χ3v) is 6.32. The monoisotopic (exact) mass is 470 g/mol. The molecule has 1 aromatic heterocycles. The Labute approximate surface area is 192 Å². The molecule has 0 aliphatic carbocycles. The van der Waals surface area contributed by atoms with E-state index in [0.29, 0.717) is 33.5 Å². The van der Waals surface area contributed by atoms with E-state index in [-0.39, 0.29) is 11.3 Å². The number of halogens is 2. The number of aromatic nitrogens is 1. The molecule has 2 aromatic carbocycles. The van der Waals surface area contributed by atoms with Gasteiger partial charge in [0, 0.05) is 11.8 Å². The van der Waals surface area contributed by atoms with Crippen LogP contribution < -0.4 is 9.64 Å². The summed E-state index contributed by atoms with van der Waals surface area (Å²) >= 11 is 1.15. The maximum Gasteiger partial charge on any atom is 0.294 e. The van der Waals surface area contributed by atoms with E-state index in [1.54, 1.807) is 38.1 Å². The van der Waals surface area contributed by atoms with Crippen LogP contribution in [0.2, 0.25) is 0 Å². The fourth-order valence-electron chi connectivity index (χ4n) is 3.83. The second-order valence-electron chi connectivity index (χ2n) is 7.42. The van der Waals surface area contributed by atoms with Crippen LogP contribution in [0.1, 0.15) is 38.9 Å². The Morgan fingerprint density at radius 3 is 2.42 bits per heavy atom. The van der Waals surface area contributed by atoms with Gasteiger partial charge in [-0.1, -0.05) is 12.1 Å². The summed E-state index contributed by atoms with van der Waals surface area (Å²) in [5.74, 6) is -3.82. The number of ether oxygens (including phenoxy) is 1. The Morgan fingerprint density at radius 1 is 1.15 bits per heavy atom. The molecule has 1 aliphatic rings. The zero-order valence-corrected chi connectivity index (χ0v) is 18.9. The highest BCUT2D eigenvalue weighted by Crippen LogP contribution is 2.43. The smallest absolute Gasteiger partial charge is 0.294 e. The van der Waals surface area contributed by atoms with Crippen LogP contribution in [-0.2, 0) is 4.79 Å². The molecule has 3 aromatic rings. The molecule has 1 atom stereocenters. The van der Waals surface area contributed by atoms with Gasteiger partial charge in [-0.15, -0.1) is 11.3 Å². The van der Waals surface area contributed by atoms with Gasteiger partial charge in [-0.3, -0.25) is 14.5 Å². The van der Waals surface area contributed by atoms with E-state index in [1.165, 1.54) is 6.07 Å². The van der Waals surface area contributed by atoms with Crippen LogP contribution in [0.15, 0.2) is 53.8 Å².